The van der Waals surface area contributed by atoms with Gasteiger partial charge in [-0.3, -0.25) is 9.79 Å². The molecule has 0 saturated heterocycles. The van der Waals surface area contributed by atoms with E-state index < -0.39 is 0 Å². The SMILES string of the molecule is CCCC(=NC(C)(C)C)C1=C(O)CC(C[C@@H](C)SCC)CC1=O. The lowest BCUT2D eigenvalue weighted by Crippen LogP contribution is -2.27. The van der Waals surface area contributed by atoms with Crippen molar-refractivity contribution in [2.75, 3.05) is 5.75 Å². The van der Waals surface area contributed by atoms with Crippen molar-refractivity contribution in [2.24, 2.45) is 10.9 Å². The summed E-state index contributed by atoms with van der Waals surface area (Å²) in [4.78, 5) is 17.4. The van der Waals surface area contributed by atoms with Gasteiger partial charge in [0.05, 0.1) is 11.1 Å². The normalized spacial score (nSPS) is 21.7. The second-order valence-electron chi connectivity index (χ2n) is 7.50. The van der Waals surface area contributed by atoms with Crippen LogP contribution in [-0.2, 0) is 4.79 Å². The van der Waals surface area contributed by atoms with Crippen molar-refractivity contribution in [2.45, 2.75) is 84.4 Å². The highest BCUT2D eigenvalue weighted by Crippen LogP contribution is 2.33. The summed E-state index contributed by atoms with van der Waals surface area (Å²) in [5.74, 6) is 1.69. The van der Waals surface area contributed by atoms with Gasteiger partial charge in [0.25, 0.3) is 0 Å². The van der Waals surface area contributed by atoms with Crippen LogP contribution in [0.5, 0.6) is 0 Å². The molecule has 1 aliphatic carbocycles. The second kappa shape index (κ2) is 8.91. The first-order valence-electron chi connectivity index (χ1n) is 8.83. The van der Waals surface area contributed by atoms with Gasteiger partial charge in [0.1, 0.15) is 5.76 Å². The van der Waals surface area contributed by atoms with Gasteiger partial charge in [-0.15, -0.1) is 0 Å². The molecule has 1 N–H and O–H groups in total. The Morgan fingerprint density at radius 3 is 2.48 bits per heavy atom. The molecule has 0 radical (unpaired) electrons. The van der Waals surface area contributed by atoms with Crippen LogP contribution in [-0.4, -0.2) is 33.1 Å². The van der Waals surface area contributed by atoms with Crippen LogP contribution in [0.15, 0.2) is 16.3 Å². The van der Waals surface area contributed by atoms with E-state index >= 15 is 0 Å². The topological polar surface area (TPSA) is 49.7 Å². The number of Topliss-reactive ketones (excluding diaryl/α,β-unsaturated/α-hetero) is 1. The van der Waals surface area contributed by atoms with Crippen molar-refractivity contribution in [3.8, 4) is 0 Å². The van der Waals surface area contributed by atoms with Crippen LogP contribution in [0.1, 0.15) is 73.6 Å². The zero-order valence-electron chi connectivity index (χ0n) is 15.6. The van der Waals surface area contributed by atoms with Crippen LogP contribution < -0.4 is 0 Å². The van der Waals surface area contributed by atoms with Crippen molar-refractivity contribution in [3.05, 3.63) is 11.3 Å². The number of rotatable bonds is 7. The molecule has 0 aromatic heterocycles. The lowest BCUT2D eigenvalue weighted by Gasteiger charge is -2.27. The summed E-state index contributed by atoms with van der Waals surface area (Å²) in [6, 6.07) is 0. The molecule has 1 rings (SSSR count). The van der Waals surface area contributed by atoms with Gasteiger partial charge in [0.15, 0.2) is 5.78 Å². The quantitative estimate of drug-likeness (QED) is 0.636. The first kappa shape index (κ1) is 20.3. The van der Waals surface area contributed by atoms with Crippen molar-refractivity contribution in [1.82, 2.24) is 0 Å². The molecule has 132 valence electrons. The van der Waals surface area contributed by atoms with E-state index in [9.17, 15) is 9.90 Å². The number of aliphatic hydroxyl groups is 1. The van der Waals surface area contributed by atoms with E-state index in [-0.39, 0.29) is 23.0 Å². The van der Waals surface area contributed by atoms with Gasteiger partial charge in [-0.1, -0.05) is 27.2 Å². The molecule has 0 amide bonds. The van der Waals surface area contributed by atoms with Crippen LogP contribution in [0.25, 0.3) is 0 Å². The molecule has 0 fully saturated rings. The summed E-state index contributed by atoms with van der Waals surface area (Å²) in [7, 11) is 0. The number of nitrogens with zero attached hydrogens (tertiary/aromatic N) is 1. The highest BCUT2D eigenvalue weighted by atomic mass is 32.2. The van der Waals surface area contributed by atoms with Gasteiger partial charge in [-0.05, 0) is 45.3 Å². The number of ketones is 1. The third-order valence-corrected chi connectivity index (χ3v) is 4.98. The second-order valence-corrected chi connectivity index (χ2v) is 9.22. The minimum atomic E-state index is -0.235. The van der Waals surface area contributed by atoms with E-state index in [1.807, 2.05) is 32.5 Å². The maximum absolute atomic E-state index is 12.7. The number of aliphatic hydroxyl groups excluding tert-OH is 1. The molecule has 0 heterocycles. The molecular weight excluding hydrogens is 306 g/mol. The average molecular weight is 340 g/mol. The zero-order chi connectivity index (χ0) is 17.6. The summed E-state index contributed by atoms with van der Waals surface area (Å²) in [5.41, 5.74) is 1.06. The van der Waals surface area contributed by atoms with Gasteiger partial charge in [0.2, 0.25) is 0 Å². The summed E-state index contributed by atoms with van der Waals surface area (Å²) in [5, 5.41) is 11.1. The maximum Gasteiger partial charge on any atom is 0.168 e. The molecule has 0 aromatic carbocycles. The van der Waals surface area contributed by atoms with E-state index in [0.29, 0.717) is 23.7 Å². The summed E-state index contributed by atoms with van der Waals surface area (Å²) < 4.78 is 0. The Balaban J connectivity index is 2.98. The van der Waals surface area contributed by atoms with E-state index in [1.165, 1.54) is 0 Å². The Bertz CT molecular complexity index is 474. The minimum Gasteiger partial charge on any atom is -0.511 e. The van der Waals surface area contributed by atoms with Crippen molar-refractivity contribution in [3.63, 3.8) is 0 Å². The van der Waals surface area contributed by atoms with Gasteiger partial charge in [0, 0.05) is 23.8 Å². The molecule has 3 nitrogen and oxygen atoms in total. The van der Waals surface area contributed by atoms with E-state index in [0.717, 1.165) is 30.7 Å². The fraction of sp³-hybridized carbons (Fsp3) is 0.789. The molecule has 1 aliphatic rings. The first-order valence-corrected chi connectivity index (χ1v) is 9.88. The molecule has 0 saturated carbocycles. The number of carbonyl (C=O) groups is 1. The Morgan fingerprint density at radius 1 is 1.35 bits per heavy atom. The smallest absolute Gasteiger partial charge is 0.168 e. The number of thioether (sulfide) groups is 1. The molecule has 0 spiro atoms. The Hall–Kier alpha value is -0.770. The number of hydrogen-bond donors (Lipinski definition) is 1. The van der Waals surface area contributed by atoms with Crippen molar-refractivity contribution in [1.29, 1.82) is 0 Å². The van der Waals surface area contributed by atoms with Gasteiger partial charge < -0.3 is 5.11 Å². The molecule has 23 heavy (non-hydrogen) atoms. The van der Waals surface area contributed by atoms with E-state index in [4.69, 9.17) is 4.99 Å². The lowest BCUT2D eigenvalue weighted by molar-refractivity contribution is -0.116. The minimum absolute atomic E-state index is 0.0731. The van der Waals surface area contributed by atoms with Gasteiger partial charge in [-0.25, -0.2) is 0 Å². The number of hydrogen-bond acceptors (Lipinski definition) is 4. The van der Waals surface area contributed by atoms with Crippen molar-refractivity contribution < 1.29 is 9.90 Å². The summed E-state index contributed by atoms with van der Waals surface area (Å²) in [6.07, 6.45) is 3.81. The monoisotopic (exact) mass is 339 g/mol. The third-order valence-electron chi connectivity index (χ3n) is 3.89. The molecule has 0 aliphatic heterocycles. The molecular formula is C19H33NO2S. The molecule has 0 aromatic rings. The van der Waals surface area contributed by atoms with Crippen LogP contribution >= 0.6 is 11.8 Å². The highest BCUT2D eigenvalue weighted by molar-refractivity contribution is 7.99. The largest absolute Gasteiger partial charge is 0.511 e. The average Bonchev–Trinajstić information content (AvgIpc) is 2.36. The number of aliphatic imine (C=N–C) groups is 1. The van der Waals surface area contributed by atoms with E-state index in [1.54, 1.807) is 0 Å². The Labute approximate surface area is 146 Å². The maximum atomic E-state index is 12.7. The highest BCUT2D eigenvalue weighted by Gasteiger charge is 2.31. The molecule has 2 atom stereocenters. The first-order chi connectivity index (χ1) is 10.7. The summed E-state index contributed by atoms with van der Waals surface area (Å²) in [6.45, 7) is 12.5. The zero-order valence-corrected chi connectivity index (χ0v) is 16.4. The Morgan fingerprint density at radius 2 is 2.00 bits per heavy atom. The van der Waals surface area contributed by atoms with Gasteiger partial charge >= 0.3 is 0 Å². The fourth-order valence-corrected chi connectivity index (χ4v) is 4.14. The van der Waals surface area contributed by atoms with Crippen LogP contribution in [0, 0.1) is 5.92 Å². The Kier molecular flexibility index (Phi) is 7.85. The van der Waals surface area contributed by atoms with Crippen LogP contribution in [0.2, 0.25) is 0 Å². The third kappa shape index (κ3) is 6.70. The summed E-state index contributed by atoms with van der Waals surface area (Å²) >= 11 is 1.92. The molecule has 0 bridgehead atoms. The predicted octanol–water partition coefficient (Wildman–Crippen LogP) is 5.35. The molecule has 4 heteroatoms. The number of carbonyl (C=O) groups excluding carboxylic acids is 1. The predicted molar refractivity (Wildman–Crippen MR) is 102 cm³/mol. The van der Waals surface area contributed by atoms with Crippen LogP contribution in [0.3, 0.4) is 0 Å². The lowest BCUT2D eigenvalue weighted by atomic mass is 9.82. The fourth-order valence-electron chi connectivity index (χ4n) is 3.17. The standard InChI is InChI=1S/C19H33NO2S/c1-7-9-15(20-19(4,5)6)18-16(21)11-14(12-17(18)22)10-13(3)23-8-2/h13-14,21H,7-12H2,1-6H3/t13-,14?/m1/s1. The number of allylic oxidation sites excluding steroid dienone is 2. The van der Waals surface area contributed by atoms with Crippen molar-refractivity contribution >= 4 is 23.3 Å². The molecule has 1 unspecified atom stereocenters. The van der Waals surface area contributed by atoms with Crippen LogP contribution in [0.4, 0.5) is 0 Å². The van der Waals surface area contributed by atoms with E-state index in [2.05, 4.69) is 20.8 Å². The van der Waals surface area contributed by atoms with Gasteiger partial charge in [-0.2, -0.15) is 11.8 Å².